The molecule has 1 saturated heterocycles. The number of benzene rings is 1. The van der Waals surface area contributed by atoms with E-state index in [-0.39, 0.29) is 11.5 Å². The minimum absolute atomic E-state index is 0.217. The van der Waals surface area contributed by atoms with Gasteiger partial charge >= 0.3 is 5.97 Å². The van der Waals surface area contributed by atoms with Crippen molar-refractivity contribution in [3.8, 4) is 0 Å². The Hall–Kier alpha value is -1.35. The molecule has 19 heavy (non-hydrogen) atoms. The fourth-order valence-electron chi connectivity index (χ4n) is 2.68. The summed E-state index contributed by atoms with van der Waals surface area (Å²) in [4.78, 5) is 14.1. The standard InChI is InChI=1S/C16H23NO2/c1-16(2,3)17-9-8-14(11-17)12-6-5-7-13(10-12)15(18)19-4/h5-7,10,14H,8-9,11H2,1-4H3. The second-order valence-electron chi connectivity index (χ2n) is 6.22. The van der Waals surface area contributed by atoms with Gasteiger partial charge in [-0.3, -0.25) is 4.90 Å². The number of likely N-dealkylation sites (tertiary alicyclic amines) is 1. The van der Waals surface area contributed by atoms with Crippen molar-refractivity contribution in [2.24, 2.45) is 0 Å². The van der Waals surface area contributed by atoms with Crippen molar-refractivity contribution >= 4 is 5.97 Å². The number of methoxy groups -OCH3 is 1. The van der Waals surface area contributed by atoms with E-state index in [2.05, 4.69) is 31.7 Å². The lowest BCUT2D eigenvalue weighted by Gasteiger charge is -2.31. The maximum atomic E-state index is 11.6. The Balaban J connectivity index is 2.14. The first-order valence-corrected chi connectivity index (χ1v) is 6.85. The highest BCUT2D eigenvalue weighted by atomic mass is 16.5. The van der Waals surface area contributed by atoms with Crippen LogP contribution in [0.4, 0.5) is 0 Å². The zero-order chi connectivity index (χ0) is 14.0. The molecule has 0 bridgehead atoms. The van der Waals surface area contributed by atoms with E-state index in [0.29, 0.717) is 11.5 Å². The summed E-state index contributed by atoms with van der Waals surface area (Å²) in [5.41, 5.74) is 2.11. The smallest absolute Gasteiger partial charge is 0.337 e. The summed E-state index contributed by atoms with van der Waals surface area (Å²) in [6.45, 7) is 8.94. The number of hydrogen-bond acceptors (Lipinski definition) is 3. The first-order valence-electron chi connectivity index (χ1n) is 6.85. The Labute approximate surface area is 115 Å². The molecular weight excluding hydrogens is 238 g/mol. The SMILES string of the molecule is COC(=O)c1cccc(C2CCN(C(C)(C)C)C2)c1. The lowest BCUT2D eigenvalue weighted by atomic mass is 9.96. The van der Waals surface area contributed by atoms with Crippen LogP contribution < -0.4 is 0 Å². The van der Waals surface area contributed by atoms with Gasteiger partial charge < -0.3 is 4.74 Å². The third-order valence-corrected chi connectivity index (χ3v) is 3.92. The molecule has 1 aromatic carbocycles. The molecule has 1 aliphatic rings. The summed E-state index contributed by atoms with van der Waals surface area (Å²) in [7, 11) is 1.42. The van der Waals surface area contributed by atoms with Crippen LogP contribution in [0.2, 0.25) is 0 Å². The van der Waals surface area contributed by atoms with Crippen molar-refractivity contribution in [2.75, 3.05) is 20.2 Å². The van der Waals surface area contributed by atoms with Crippen molar-refractivity contribution in [3.63, 3.8) is 0 Å². The number of ether oxygens (including phenoxy) is 1. The molecule has 2 rings (SSSR count). The van der Waals surface area contributed by atoms with Gasteiger partial charge in [-0.05, 0) is 57.4 Å². The molecule has 0 aromatic heterocycles. The Morgan fingerprint density at radius 3 is 2.68 bits per heavy atom. The first-order chi connectivity index (χ1) is 8.91. The number of nitrogens with zero attached hydrogens (tertiary/aromatic N) is 1. The lowest BCUT2D eigenvalue weighted by Crippen LogP contribution is -2.39. The zero-order valence-corrected chi connectivity index (χ0v) is 12.3. The number of esters is 1. The molecule has 1 atom stereocenters. The van der Waals surface area contributed by atoms with Crippen LogP contribution in [-0.4, -0.2) is 36.6 Å². The fourth-order valence-corrected chi connectivity index (χ4v) is 2.68. The maximum absolute atomic E-state index is 11.6. The molecule has 0 aliphatic carbocycles. The van der Waals surface area contributed by atoms with Gasteiger partial charge in [-0.1, -0.05) is 12.1 Å². The highest BCUT2D eigenvalue weighted by molar-refractivity contribution is 5.89. The third kappa shape index (κ3) is 3.16. The summed E-state index contributed by atoms with van der Waals surface area (Å²) in [5.74, 6) is 0.261. The van der Waals surface area contributed by atoms with Crippen molar-refractivity contribution in [3.05, 3.63) is 35.4 Å². The fraction of sp³-hybridized carbons (Fsp3) is 0.562. The average molecular weight is 261 g/mol. The van der Waals surface area contributed by atoms with Gasteiger partial charge in [0.2, 0.25) is 0 Å². The Bertz CT molecular complexity index is 462. The number of hydrogen-bond donors (Lipinski definition) is 0. The molecule has 3 heteroatoms. The van der Waals surface area contributed by atoms with Crippen molar-refractivity contribution < 1.29 is 9.53 Å². The summed E-state index contributed by atoms with van der Waals surface area (Å²) in [6.07, 6.45) is 1.15. The van der Waals surface area contributed by atoms with Crippen LogP contribution in [0.15, 0.2) is 24.3 Å². The minimum Gasteiger partial charge on any atom is -0.465 e. The van der Waals surface area contributed by atoms with E-state index in [1.165, 1.54) is 12.7 Å². The van der Waals surface area contributed by atoms with Gasteiger partial charge in [0.05, 0.1) is 12.7 Å². The highest BCUT2D eigenvalue weighted by Crippen LogP contribution is 2.31. The van der Waals surface area contributed by atoms with E-state index in [9.17, 15) is 4.79 Å². The third-order valence-electron chi connectivity index (χ3n) is 3.92. The summed E-state index contributed by atoms with van der Waals surface area (Å²) in [5, 5.41) is 0. The second kappa shape index (κ2) is 5.33. The van der Waals surface area contributed by atoms with E-state index in [1.54, 1.807) is 0 Å². The predicted octanol–water partition coefficient (Wildman–Crippen LogP) is 3.06. The topological polar surface area (TPSA) is 29.5 Å². The molecule has 0 radical (unpaired) electrons. The van der Waals surface area contributed by atoms with Gasteiger partial charge in [-0.15, -0.1) is 0 Å². The normalized spacial score (nSPS) is 20.5. The van der Waals surface area contributed by atoms with Crippen molar-refractivity contribution in [1.29, 1.82) is 0 Å². The van der Waals surface area contributed by atoms with E-state index in [4.69, 9.17) is 4.74 Å². The molecule has 3 nitrogen and oxygen atoms in total. The maximum Gasteiger partial charge on any atom is 0.337 e. The molecule has 1 aromatic rings. The largest absolute Gasteiger partial charge is 0.465 e. The van der Waals surface area contributed by atoms with Gasteiger partial charge in [-0.2, -0.15) is 0 Å². The Morgan fingerprint density at radius 1 is 1.37 bits per heavy atom. The summed E-state index contributed by atoms with van der Waals surface area (Å²) < 4.78 is 4.78. The first kappa shape index (κ1) is 14.1. The predicted molar refractivity (Wildman–Crippen MR) is 76.5 cm³/mol. The average Bonchev–Trinajstić information content (AvgIpc) is 2.87. The number of carbonyl (C=O) groups excluding carboxylic acids is 1. The monoisotopic (exact) mass is 261 g/mol. The quantitative estimate of drug-likeness (QED) is 0.766. The molecule has 0 N–H and O–H groups in total. The second-order valence-corrected chi connectivity index (χ2v) is 6.22. The van der Waals surface area contributed by atoms with Crippen LogP contribution in [0.3, 0.4) is 0 Å². The van der Waals surface area contributed by atoms with Crippen LogP contribution in [0.1, 0.15) is 49.0 Å². The van der Waals surface area contributed by atoms with Gasteiger partial charge in [0.1, 0.15) is 0 Å². The van der Waals surface area contributed by atoms with Crippen LogP contribution in [-0.2, 0) is 4.74 Å². The van der Waals surface area contributed by atoms with E-state index < -0.39 is 0 Å². The molecule has 0 amide bonds. The van der Waals surface area contributed by atoms with E-state index >= 15 is 0 Å². The van der Waals surface area contributed by atoms with Crippen molar-refractivity contribution in [1.82, 2.24) is 4.90 Å². The van der Waals surface area contributed by atoms with Gasteiger partial charge in [0.15, 0.2) is 0 Å². The van der Waals surface area contributed by atoms with E-state index in [1.807, 2.05) is 18.2 Å². The molecule has 1 heterocycles. The zero-order valence-electron chi connectivity index (χ0n) is 12.3. The van der Waals surface area contributed by atoms with E-state index in [0.717, 1.165) is 19.5 Å². The molecule has 1 fully saturated rings. The molecule has 0 spiro atoms. The molecule has 0 saturated carbocycles. The van der Waals surface area contributed by atoms with Crippen LogP contribution in [0.5, 0.6) is 0 Å². The summed E-state index contributed by atoms with van der Waals surface area (Å²) >= 11 is 0. The van der Waals surface area contributed by atoms with Gasteiger partial charge in [0, 0.05) is 12.1 Å². The molecule has 104 valence electrons. The van der Waals surface area contributed by atoms with Gasteiger partial charge in [0.25, 0.3) is 0 Å². The van der Waals surface area contributed by atoms with Crippen LogP contribution in [0.25, 0.3) is 0 Å². The molecule has 1 aliphatic heterocycles. The lowest BCUT2D eigenvalue weighted by molar-refractivity contribution is 0.0600. The van der Waals surface area contributed by atoms with Gasteiger partial charge in [-0.25, -0.2) is 4.79 Å². The minimum atomic E-state index is -0.257. The van der Waals surface area contributed by atoms with Crippen LogP contribution >= 0.6 is 0 Å². The van der Waals surface area contributed by atoms with Crippen LogP contribution in [0, 0.1) is 0 Å². The Morgan fingerprint density at radius 2 is 2.11 bits per heavy atom. The Kier molecular flexibility index (Phi) is 3.95. The summed E-state index contributed by atoms with van der Waals surface area (Å²) in [6, 6.07) is 7.85. The molecular formula is C16H23NO2. The highest BCUT2D eigenvalue weighted by Gasteiger charge is 2.31. The van der Waals surface area contributed by atoms with Crippen molar-refractivity contribution in [2.45, 2.75) is 38.6 Å². The number of rotatable bonds is 2. The number of carbonyl (C=O) groups is 1. The molecule has 1 unspecified atom stereocenters.